The molecule has 0 saturated heterocycles. The number of carbonyl (C=O) groups excluding carboxylic acids is 1. The molecule has 0 aromatic heterocycles. The van der Waals surface area contributed by atoms with Crippen LogP contribution in [0.25, 0.3) is 0 Å². The maximum atomic E-state index is 12.3. The Labute approximate surface area is 120 Å². The molecule has 2 aliphatic rings. The summed E-state index contributed by atoms with van der Waals surface area (Å²) >= 11 is 0. The van der Waals surface area contributed by atoms with Gasteiger partial charge in [-0.05, 0) is 42.5 Å². The van der Waals surface area contributed by atoms with Crippen molar-refractivity contribution >= 4 is 6.03 Å². The van der Waals surface area contributed by atoms with Crippen LogP contribution in [0.5, 0.6) is 5.75 Å². The summed E-state index contributed by atoms with van der Waals surface area (Å²) < 4.78 is 5.25. The van der Waals surface area contributed by atoms with Gasteiger partial charge in [0.2, 0.25) is 0 Å². The Bertz CT molecular complexity index is 495. The maximum absolute atomic E-state index is 12.3. The number of nitrogens with one attached hydrogen (secondary N) is 1. The first-order valence-corrected chi connectivity index (χ1v) is 7.47. The number of ether oxygens (including phenoxy) is 1. The highest BCUT2D eigenvalue weighted by atomic mass is 16.5. The highest BCUT2D eigenvalue weighted by molar-refractivity contribution is 5.75. The van der Waals surface area contributed by atoms with E-state index in [4.69, 9.17) is 4.74 Å². The minimum Gasteiger partial charge on any atom is -0.497 e. The lowest BCUT2D eigenvalue weighted by molar-refractivity contribution is 0.188. The van der Waals surface area contributed by atoms with Gasteiger partial charge in [0.1, 0.15) is 5.75 Å². The zero-order chi connectivity index (χ0) is 13.9. The first-order chi connectivity index (χ1) is 9.76. The van der Waals surface area contributed by atoms with Crippen molar-refractivity contribution in [2.24, 2.45) is 0 Å². The molecule has 1 aliphatic heterocycles. The predicted octanol–water partition coefficient (Wildman–Crippen LogP) is 2.71. The van der Waals surface area contributed by atoms with Crippen LogP contribution in [0.4, 0.5) is 4.79 Å². The Balaban J connectivity index is 1.64. The van der Waals surface area contributed by atoms with Gasteiger partial charge in [-0.15, -0.1) is 0 Å². The van der Waals surface area contributed by atoms with E-state index in [9.17, 15) is 4.79 Å². The van der Waals surface area contributed by atoms with Crippen molar-refractivity contribution in [3.63, 3.8) is 0 Å². The molecule has 0 bridgehead atoms. The average molecular weight is 274 g/mol. The lowest BCUT2D eigenvalue weighted by atomic mass is 10.00. The van der Waals surface area contributed by atoms with E-state index in [-0.39, 0.29) is 6.03 Å². The highest BCUT2D eigenvalue weighted by Crippen LogP contribution is 2.24. The van der Waals surface area contributed by atoms with Crippen molar-refractivity contribution in [3.8, 4) is 5.75 Å². The molecule has 1 saturated carbocycles. The lowest BCUT2D eigenvalue weighted by Gasteiger charge is -2.30. The standard InChI is InChI=1S/C16H22N2O2/c1-20-15-7-6-13-11-18(9-8-12(13)10-15)16(19)17-14-4-2-3-5-14/h6-7,10,14H,2-5,8-9,11H2,1H3,(H,17,19). The minimum atomic E-state index is 0.0957. The SMILES string of the molecule is COc1ccc2c(c1)CCN(C(=O)NC1CCCC1)C2. The van der Waals surface area contributed by atoms with E-state index >= 15 is 0 Å². The van der Waals surface area contributed by atoms with Crippen LogP contribution in [0.2, 0.25) is 0 Å². The Kier molecular flexibility index (Phi) is 3.81. The Morgan fingerprint density at radius 3 is 2.85 bits per heavy atom. The fraction of sp³-hybridized carbons (Fsp3) is 0.562. The van der Waals surface area contributed by atoms with E-state index in [0.29, 0.717) is 12.6 Å². The first-order valence-electron chi connectivity index (χ1n) is 7.47. The third-order valence-corrected chi connectivity index (χ3v) is 4.40. The van der Waals surface area contributed by atoms with Crippen LogP contribution in [-0.4, -0.2) is 30.6 Å². The Morgan fingerprint density at radius 1 is 1.30 bits per heavy atom. The molecule has 20 heavy (non-hydrogen) atoms. The van der Waals surface area contributed by atoms with Crippen molar-refractivity contribution < 1.29 is 9.53 Å². The minimum absolute atomic E-state index is 0.0957. The number of hydrogen-bond donors (Lipinski definition) is 1. The van der Waals surface area contributed by atoms with Crippen molar-refractivity contribution in [2.75, 3.05) is 13.7 Å². The normalized spacial score (nSPS) is 18.8. The third kappa shape index (κ3) is 2.74. The number of nitrogens with zero attached hydrogens (tertiary/aromatic N) is 1. The number of benzene rings is 1. The number of amides is 2. The van der Waals surface area contributed by atoms with Crippen LogP contribution >= 0.6 is 0 Å². The van der Waals surface area contributed by atoms with Gasteiger partial charge in [-0.3, -0.25) is 0 Å². The van der Waals surface area contributed by atoms with E-state index in [1.807, 2.05) is 11.0 Å². The molecule has 0 unspecified atom stereocenters. The molecule has 0 spiro atoms. The molecule has 1 aromatic carbocycles. The van der Waals surface area contributed by atoms with Crippen LogP contribution in [-0.2, 0) is 13.0 Å². The van der Waals surface area contributed by atoms with E-state index in [0.717, 1.165) is 31.6 Å². The first kappa shape index (κ1) is 13.3. The summed E-state index contributed by atoms with van der Waals surface area (Å²) in [5, 5.41) is 3.16. The highest BCUT2D eigenvalue weighted by Gasteiger charge is 2.24. The molecule has 1 heterocycles. The summed E-state index contributed by atoms with van der Waals surface area (Å²) in [5.41, 5.74) is 2.54. The summed E-state index contributed by atoms with van der Waals surface area (Å²) in [4.78, 5) is 14.2. The van der Waals surface area contributed by atoms with Gasteiger partial charge >= 0.3 is 6.03 Å². The molecule has 2 amide bonds. The number of fused-ring (bicyclic) bond motifs is 1. The van der Waals surface area contributed by atoms with Crippen molar-refractivity contribution in [1.29, 1.82) is 0 Å². The number of hydrogen-bond acceptors (Lipinski definition) is 2. The molecular formula is C16H22N2O2. The second kappa shape index (κ2) is 5.73. The van der Waals surface area contributed by atoms with Crippen molar-refractivity contribution in [3.05, 3.63) is 29.3 Å². The molecular weight excluding hydrogens is 252 g/mol. The molecule has 0 atom stereocenters. The van der Waals surface area contributed by atoms with E-state index in [2.05, 4.69) is 17.4 Å². The van der Waals surface area contributed by atoms with Gasteiger partial charge in [-0.1, -0.05) is 18.9 Å². The third-order valence-electron chi connectivity index (χ3n) is 4.40. The molecule has 1 aliphatic carbocycles. The molecule has 4 heteroatoms. The van der Waals surface area contributed by atoms with Gasteiger partial charge in [0.25, 0.3) is 0 Å². The van der Waals surface area contributed by atoms with Gasteiger partial charge in [-0.2, -0.15) is 0 Å². The number of urea groups is 1. The lowest BCUT2D eigenvalue weighted by Crippen LogP contribution is -2.45. The molecule has 3 rings (SSSR count). The van der Waals surface area contributed by atoms with Crippen LogP contribution in [0, 0.1) is 0 Å². The quantitative estimate of drug-likeness (QED) is 0.901. The molecule has 4 nitrogen and oxygen atoms in total. The predicted molar refractivity (Wildman–Crippen MR) is 77.9 cm³/mol. The summed E-state index contributed by atoms with van der Waals surface area (Å²) in [6.07, 6.45) is 5.66. The van der Waals surface area contributed by atoms with Gasteiger partial charge in [0, 0.05) is 19.1 Å². The van der Waals surface area contributed by atoms with Gasteiger partial charge in [-0.25, -0.2) is 4.79 Å². The van der Waals surface area contributed by atoms with Crippen LogP contribution in [0.3, 0.4) is 0 Å². The maximum Gasteiger partial charge on any atom is 0.317 e. The average Bonchev–Trinajstić information content (AvgIpc) is 2.99. The van der Waals surface area contributed by atoms with Crippen molar-refractivity contribution in [2.45, 2.75) is 44.7 Å². The summed E-state index contributed by atoms with van der Waals surface area (Å²) in [5.74, 6) is 0.896. The van der Waals surface area contributed by atoms with Gasteiger partial charge in [0.05, 0.1) is 7.11 Å². The monoisotopic (exact) mass is 274 g/mol. The summed E-state index contributed by atoms with van der Waals surface area (Å²) in [6, 6.07) is 6.61. The molecule has 0 radical (unpaired) electrons. The summed E-state index contributed by atoms with van der Waals surface area (Å²) in [6.45, 7) is 1.50. The largest absolute Gasteiger partial charge is 0.497 e. The molecule has 1 fully saturated rings. The van der Waals surface area contributed by atoms with E-state index in [1.165, 1.54) is 24.0 Å². The number of rotatable bonds is 2. The van der Waals surface area contributed by atoms with E-state index in [1.54, 1.807) is 7.11 Å². The smallest absolute Gasteiger partial charge is 0.317 e. The number of carbonyl (C=O) groups is 1. The van der Waals surface area contributed by atoms with Crippen LogP contribution < -0.4 is 10.1 Å². The van der Waals surface area contributed by atoms with Crippen LogP contribution in [0.15, 0.2) is 18.2 Å². The van der Waals surface area contributed by atoms with Crippen molar-refractivity contribution in [1.82, 2.24) is 10.2 Å². The van der Waals surface area contributed by atoms with E-state index < -0.39 is 0 Å². The molecule has 1 aromatic rings. The van der Waals surface area contributed by atoms with Gasteiger partial charge < -0.3 is 15.0 Å². The van der Waals surface area contributed by atoms with Crippen LogP contribution in [0.1, 0.15) is 36.8 Å². The fourth-order valence-electron chi connectivity index (χ4n) is 3.17. The zero-order valence-corrected chi connectivity index (χ0v) is 12.0. The summed E-state index contributed by atoms with van der Waals surface area (Å²) in [7, 11) is 1.69. The molecule has 108 valence electrons. The Morgan fingerprint density at radius 2 is 2.10 bits per heavy atom. The number of methoxy groups -OCH3 is 1. The Hall–Kier alpha value is -1.71. The molecule has 1 N–H and O–H groups in total. The fourth-order valence-corrected chi connectivity index (χ4v) is 3.17. The second-order valence-electron chi connectivity index (χ2n) is 5.74. The zero-order valence-electron chi connectivity index (χ0n) is 12.0. The topological polar surface area (TPSA) is 41.6 Å². The second-order valence-corrected chi connectivity index (χ2v) is 5.74. The van der Waals surface area contributed by atoms with Gasteiger partial charge in [0.15, 0.2) is 0 Å².